The number of carbonyl (C=O) groups excluding carboxylic acids is 2. The molecule has 1 amide bonds. The van der Waals surface area contributed by atoms with Crippen LogP contribution in [0, 0.1) is 11.8 Å². The summed E-state index contributed by atoms with van der Waals surface area (Å²) >= 11 is 7.46. The summed E-state index contributed by atoms with van der Waals surface area (Å²) in [7, 11) is 0. The molecule has 190 valence electrons. The quantitative estimate of drug-likeness (QED) is 0.414. The molecule has 1 N–H and O–H groups in total. The topological polar surface area (TPSA) is 93.1 Å². The number of hydrogen-bond acceptors (Lipinski definition) is 6. The Balaban J connectivity index is 1.57. The molecule has 3 heterocycles. The van der Waals surface area contributed by atoms with Crippen LogP contribution in [0.1, 0.15) is 52.0 Å². The first-order valence-electron chi connectivity index (χ1n) is 12.2. The molecule has 7 nitrogen and oxygen atoms in total. The van der Waals surface area contributed by atoms with Gasteiger partial charge in [0.2, 0.25) is 12.7 Å². The van der Waals surface area contributed by atoms with E-state index in [0.717, 1.165) is 6.42 Å². The zero-order valence-electron chi connectivity index (χ0n) is 19.7. The number of carboxylic acid groups (broad SMARTS) is 1. The number of amides is 1. The van der Waals surface area contributed by atoms with Gasteiger partial charge in [0, 0.05) is 16.9 Å². The highest BCUT2D eigenvalue weighted by molar-refractivity contribution is 7.12. The molecule has 2 aliphatic heterocycles. The fourth-order valence-corrected chi connectivity index (χ4v) is 6.59. The van der Waals surface area contributed by atoms with Crippen molar-refractivity contribution in [3.8, 4) is 11.5 Å². The van der Waals surface area contributed by atoms with Gasteiger partial charge in [-0.05, 0) is 59.7 Å². The molecule has 3 aliphatic rings. The SMILES string of the molecule is O=C(c1cccs1)C1C(c2ccc(Cl)cc2)C(C(=O)O)N(C(=O)C2CCC2)C1c1ccc2c(c1)OCO2. The van der Waals surface area contributed by atoms with Gasteiger partial charge in [-0.1, -0.05) is 42.3 Å². The fraction of sp³-hybridized carbons (Fsp3) is 0.321. The number of fused-ring (bicyclic) bond motifs is 1. The Kier molecular flexibility index (Phi) is 6.16. The van der Waals surface area contributed by atoms with E-state index in [1.54, 1.807) is 54.6 Å². The number of likely N-dealkylation sites (tertiary alicyclic amines) is 1. The first-order valence-corrected chi connectivity index (χ1v) is 13.5. The number of thiophene rings is 1. The van der Waals surface area contributed by atoms with Gasteiger partial charge in [-0.2, -0.15) is 0 Å². The number of carboxylic acids is 1. The number of hydrogen-bond donors (Lipinski definition) is 1. The lowest BCUT2D eigenvalue weighted by Gasteiger charge is -2.36. The number of Topliss-reactive ketones (excluding diaryl/α,β-unsaturated/α-hetero) is 1. The van der Waals surface area contributed by atoms with E-state index in [4.69, 9.17) is 21.1 Å². The zero-order chi connectivity index (χ0) is 25.7. The maximum atomic E-state index is 14.2. The third kappa shape index (κ3) is 4.08. The van der Waals surface area contributed by atoms with Crippen LogP contribution >= 0.6 is 22.9 Å². The molecule has 1 saturated heterocycles. The van der Waals surface area contributed by atoms with E-state index >= 15 is 0 Å². The maximum Gasteiger partial charge on any atom is 0.327 e. The van der Waals surface area contributed by atoms with Crippen molar-refractivity contribution in [2.75, 3.05) is 6.79 Å². The minimum absolute atomic E-state index is 0.0802. The summed E-state index contributed by atoms with van der Waals surface area (Å²) in [6.07, 6.45) is 2.35. The molecular formula is C28H24ClNO6S. The van der Waals surface area contributed by atoms with Crippen molar-refractivity contribution >= 4 is 40.6 Å². The summed E-state index contributed by atoms with van der Waals surface area (Å²) < 4.78 is 11.1. The second-order valence-electron chi connectivity index (χ2n) is 9.66. The summed E-state index contributed by atoms with van der Waals surface area (Å²) in [5.74, 6) is -2.31. The molecule has 1 saturated carbocycles. The van der Waals surface area contributed by atoms with E-state index < -0.39 is 29.9 Å². The Morgan fingerprint density at radius 2 is 1.70 bits per heavy atom. The molecule has 1 aromatic heterocycles. The number of aliphatic carboxylic acids is 1. The van der Waals surface area contributed by atoms with Crippen LogP contribution in [0.2, 0.25) is 5.02 Å². The number of rotatable bonds is 6. The zero-order valence-corrected chi connectivity index (χ0v) is 21.3. The number of nitrogens with zero attached hydrogens (tertiary/aromatic N) is 1. The maximum absolute atomic E-state index is 14.2. The van der Waals surface area contributed by atoms with Crippen LogP contribution < -0.4 is 9.47 Å². The molecular weight excluding hydrogens is 514 g/mol. The third-order valence-corrected chi connectivity index (χ3v) is 8.82. The van der Waals surface area contributed by atoms with E-state index in [9.17, 15) is 19.5 Å². The van der Waals surface area contributed by atoms with Crippen molar-refractivity contribution < 1.29 is 29.0 Å². The van der Waals surface area contributed by atoms with E-state index in [0.29, 0.717) is 45.4 Å². The average Bonchev–Trinajstić information content (AvgIpc) is 3.61. The van der Waals surface area contributed by atoms with Gasteiger partial charge in [0.1, 0.15) is 6.04 Å². The highest BCUT2D eigenvalue weighted by Gasteiger charge is 2.58. The Hall–Kier alpha value is -3.36. The largest absolute Gasteiger partial charge is 0.480 e. The van der Waals surface area contributed by atoms with Crippen molar-refractivity contribution in [1.82, 2.24) is 4.90 Å². The van der Waals surface area contributed by atoms with Gasteiger partial charge in [-0.3, -0.25) is 9.59 Å². The van der Waals surface area contributed by atoms with Crippen molar-refractivity contribution in [2.45, 2.75) is 37.3 Å². The second-order valence-corrected chi connectivity index (χ2v) is 11.0. The van der Waals surface area contributed by atoms with Crippen molar-refractivity contribution in [1.29, 1.82) is 0 Å². The normalized spacial score (nSPS) is 24.6. The van der Waals surface area contributed by atoms with E-state index in [-0.39, 0.29) is 24.4 Å². The van der Waals surface area contributed by atoms with Crippen LogP contribution in [0.4, 0.5) is 0 Å². The lowest BCUT2D eigenvalue weighted by Crippen LogP contribution is -2.47. The van der Waals surface area contributed by atoms with Crippen molar-refractivity contribution in [3.05, 3.63) is 81.0 Å². The number of benzene rings is 2. The van der Waals surface area contributed by atoms with Crippen LogP contribution in [0.5, 0.6) is 11.5 Å². The first kappa shape index (κ1) is 24.0. The molecule has 2 aromatic carbocycles. The van der Waals surface area contributed by atoms with Gasteiger partial charge >= 0.3 is 5.97 Å². The summed E-state index contributed by atoms with van der Waals surface area (Å²) in [5.41, 5.74) is 1.30. The van der Waals surface area contributed by atoms with Crippen LogP contribution in [0.25, 0.3) is 0 Å². The van der Waals surface area contributed by atoms with Crippen LogP contribution in [0.15, 0.2) is 60.0 Å². The Bertz CT molecular complexity index is 1350. The van der Waals surface area contributed by atoms with Crippen LogP contribution in [0.3, 0.4) is 0 Å². The summed E-state index contributed by atoms with van der Waals surface area (Å²) in [4.78, 5) is 43.0. The van der Waals surface area contributed by atoms with E-state index in [1.165, 1.54) is 16.2 Å². The third-order valence-electron chi connectivity index (χ3n) is 7.69. The van der Waals surface area contributed by atoms with E-state index in [1.807, 2.05) is 5.38 Å². The fourth-order valence-electron chi connectivity index (χ4n) is 5.75. The minimum Gasteiger partial charge on any atom is -0.480 e. The van der Waals surface area contributed by atoms with Crippen LogP contribution in [-0.4, -0.2) is 40.5 Å². The van der Waals surface area contributed by atoms with Gasteiger partial charge in [0.15, 0.2) is 17.3 Å². The standard InChI is InChI=1S/C28H24ClNO6S/c29-18-9-6-15(7-10-18)22-23(26(31)21-5-2-12-37-21)24(17-8-11-19-20(13-17)36-14-35-19)30(25(22)28(33)34)27(32)16-3-1-4-16/h2,5-13,16,22-25H,1,3-4,14H2,(H,33,34). The minimum atomic E-state index is -1.22. The molecule has 4 unspecified atom stereocenters. The summed E-state index contributed by atoms with van der Waals surface area (Å²) in [5, 5.41) is 12.9. The van der Waals surface area contributed by atoms with Gasteiger partial charge in [-0.25, -0.2) is 4.79 Å². The monoisotopic (exact) mass is 537 g/mol. The Morgan fingerprint density at radius 1 is 0.973 bits per heavy atom. The molecule has 4 atom stereocenters. The van der Waals surface area contributed by atoms with E-state index in [2.05, 4.69) is 0 Å². The number of ketones is 1. The van der Waals surface area contributed by atoms with Crippen molar-refractivity contribution in [2.24, 2.45) is 11.8 Å². The molecule has 9 heteroatoms. The molecule has 37 heavy (non-hydrogen) atoms. The molecule has 0 bridgehead atoms. The first-order chi connectivity index (χ1) is 17.9. The van der Waals surface area contributed by atoms with Gasteiger partial charge < -0.3 is 19.5 Å². The van der Waals surface area contributed by atoms with Gasteiger partial charge in [-0.15, -0.1) is 11.3 Å². The average molecular weight is 538 g/mol. The molecule has 0 radical (unpaired) electrons. The Morgan fingerprint density at radius 3 is 2.35 bits per heavy atom. The predicted molar refractivity (Wildman–Crippen MR) is 137 cm³/mol. The van der Waals surface area contributed by atoms with Gasteiger partial charge in [0.05, 0.1) is 16.8 Å². The highest BCUT2D eigenvalue weighted by atomic mass is 35.5. The lowest BCUT2D eigenvalue weighted by atomic mass is 9.77. The number of ether oxygens (including phenoxy) is 2. The van der Waals surface area contributed by atoms with Crippen LogP contribution in [-0.2, 0) is 9.59 Å². The molecule has 3 aromatic rings. The predicted octanol–water partition coefficient (Wildman–Crippen LogP) is 5.55. The molecule has 2 fully saturated rings. The highest BCUT2D eigenvalue weighted by Crippen LogP contribution is 2.53. The summed E-state index contributed by atoms with van der Waals surface area (Å²) in [6.45, 7) is 0.0802. The Labute approximate surface area is 222 Å². The molecule has 1 aliphatic carbocycles. The molecule has 0 spiro atoms. The van der Waals surface area contributed by atoms with Gasteiger partial charge in [0.25, 0.3) is 0 Å². The second kappa shape index (κ2) is 9.50. The number of carbonyl (C=O) groups is 3. The summed E-state index contributed by atoms with van der Waals surface area (Å²) in [6, 6.07) is 13.7. The number of halogens is 1. The lowest BCUT2D eigenvalue weighted by molar-refractivity contribution is -0.153. The van der Waals surface area contributed by atoms with Crippen molar-refractivity contribution in [3.63, 3.8) is 0 Å². The smallest absolute Gasteiger partial charge is 0.327 e. The molecule has 6 rings (SSSR count).